The Morgan fingerprint density at radius 2 is 1.95 bits per heavy atom. The second-order valence-corrected chi connectivity index (χ2v) is 6.90. The number of fused-ring (bicyclic) bond motifs is 5. The fourth-order valence-electron chi connectivity index (χ4n) is 3.60. The van der Waals surface area contributed by atoms with Crippen LogP contribution in [0.3, 0.4) is 0 Å². The van der Waals surface area contributed by atoms with E-state index in [0.29, 0.717) is 5.56 Å². The van der Waals surface area contributed by atoms with Crippen LogP contribution in [0.25, 0.3) is 0 Å². The van der Waals surface area contributed by atoms with E-state index in [-0.39, 0.29) is 0 Å². The van der Waals surface area contributed by atoms with Gasteiger partial charge in [0.25, 0.3) is 0 Å². The molecule has 3 N–H and O–H groups in total. The van der Waals surface area contributed by atoms with Crippen LogP contribution in [-0.4, -0.2) is 50.7 Å². The Morgan fingerprint density at radius 1 is 1.32 bits per heavy atom. The highest BCUT2D eigenvalue weighted by molar-refractivity contribution is 5.74. The smallest absolute Gasteiger partial charge is 0.411 e. The molecule has 1 aromatic carbocycles. The molecule has 1 amide bonds. The van der Waals surface area contributed by atoms with Crippen molar-refractivity contribution in [3.63, 3.8) is 0 Å². The standard InChI is InChI=1S/C16H21NO5/c1-15(2,3)22-14(21)17-11-9-6-4-5-7-10(9)16(17,8-18)13(20)12(11)19/h4-7,11-13,18-20H,8H2,1-3H3/t11-,12-,13-,16-/m0/s1. The number of aliphatic hydroxyl groups excluding tert-OH is 3. The highest BCUT2D eigenvalue weighted by Gasteiger charge is 2.67. The second-order valence-electron chi connectivity index (χ2n) is 6.90. The summed E-state index contributed by atoms with van der Waals surface area (Å²) < 4.78 is 5.41. The van der Waals surface area contributed by atoms with E-state index in [4.69, 9.17) is 4.74 Å². The van der Waals surface area contributed by atoms with Crippen molar-refractivity contribution in [1.29, 1.82) is 0 Å². The first-order valence-electron chi connectivity index (χ1n) is 7.33. The van der Waals surface area contributed by atoms with Crippen molar-refractivity contribution in [2.24, 2.45) is 0 Å². The van der Waals surface area contributed by atoms with Crippen LogP contribution >= 0.6 is 0 Å². The average Bonchev–Trinajstić information content (AvgIpc) is 2.86. The number of carbonyl (C=O) groups excluding carboxylic acids is 1. The third-order valence-electron chi connectivity index (χ3n) is 4.42. The van der Waals surface area contributed by atoms with Gasteiger partial charge in [-0.15, -0.1) is 0 Å². The summed E-state index contributed by atoms with van der Waals surface area (Å²) in [6, 6.07) is 6.43. The van der Waals surface area contributed by atoms with Gasteiger partial charge in [-0.05, 0) is 31.9 Å². The zero-order chi connectivity index (χ0) is 16.3. The van der Waals surface area contributed by atoms with Crippen LogP contribution in [0.4, 0.5) is 4.79 Å². The van der Waals surface area contributed by atoms with Gasteiger partial charge in [0.15, 0.2) is 0 Å². The maximum atomic E-state index is 12.6. The number of benzene rings is 1. The third kappa shape index (κ3) is 1.81. The summed E-state index contributed by atoms with van der Waals surface area (Å²) in [4.78, 5) is 13.9. The number of nitrogens with zero attached hydrogens (tertiary/aromatic N) is 1. The molecule has 0 unspecified atom stereocenters. The maximum absolute atomic E-state index is 12.6. The molecule has 0 aliphatic carbocycles. The van der Waals surface area contributed by atoms with Gasteiger partial charge in [-0.25, -0.2) is 4.79 Å². The molecule has 2 aliphatic heterocycles. The molecule has 1 saturated heterocycles. The van der Waals surface area contributed by atoms with Crippen LogP contribution in [0, 0.1) is 0 Å². The van der Waals surface area contributed by atoms with Crippen molar-refractivity contribution in [2.75, 3.05) is 6.61 Å². The molecule has 6 heteroatoms. The maximum Gasteiger partial charge on any atom is 0.411 e. The topological polar surface area (TPSA) is 90.2 Å². The van der Waals surface area contributed by atoms with Crippen LogP contribution in [-0.2, 0) is 10.3 Å². The number of aliphatic hydroxyl groups is 3. The summed E-state index contributed by atoms with van der Waals surface area (Å²) in [6.45, 7) is 4.75. The molecule has 0 aromatic heterocycles. The van der Waals surface area contributed by atoms with E-state index in [1.165, 1.54) is 4.90 Å². The SMILES string of the molecule is CC(C)(C)OC(=O)N1[C@H]2c3ccccc3[C@@]1(CO)[C@@H](O)[C@H]2O. The van der Waals surface area contributed by atoms with Crippen LogP contribution in [0.15, 0.2) is 24.3 Å². The molecule has 3 rings (SSSR count). The van der Waals surface area contributed by atoms with Crippen LogP contribution in [0.5, 0.6) is 0 Å². The van der Waals surface area contributed by atoms with Crippen molar-refractivity contribution < 1.29 is 24.9 Å². The van der Waals surface area contributed by atoms with Crippen molar-refractivity contribution in [3.05, 3.63) is 35.4 Å². The van der Waals surface area contributed by atoms with Gasteiger partial charge in [0, 0.05) is 0 Å². The lowest BCUT2D eigenvalue weighted by atomic mass is 9.78. The summed E-state index contributed by atoms with van der Waals surface area (Å²) in [5.74, 6) is 0. The van der Waals surface area contributed by atoms with E-state index in [0.717, 1.165) is 5.56 Å². The van der Waals surface area contributed by atoms with Gasteiger partial charge in [0.2, 0.25) is 0 Å². The lowest BCUT2D eigenvalue weighted by molar-refractivity contribution is -0.0487. The van der Waals surface area contributed by atoms with Crippen molar-refractivity contribution in [1.82, 2.24) is 4.90 Å². The largest absolute Gasteiger partial charge is 0.444 e. The normalized spacial score (nSPS) is 33.0. The Balaban J connectivity index is 2.11. The molecule has 2 aliphatic rings. The number of carbonyl (C=O) groups is 1. The zero-order valence-corrected chi connectivity index (χ0v) is 12.9. The van der Waals surface area contributed by atoms with Gasteiger partial charge in [0.05, 0.1) is 12.6 Å². The van der Waals surface area contributed by atoms with Crippen molar-refractivity contribution in [3.8, 4) is 0 Å². The lowest BCUT2D eigenvalue weighted by Crippen LogP contribution is -2.52. The zero-order valence-electron chi connectivity index (χ0n) is 12.9. The van der Waals surface area contributed by atoms with E-state index in [1.54, 1.807) is 45.0 Å². The fraction of sp³-hybridized carbons (Fsp3) is 0.562. The predicted molar refractivity (Wildman–Crippen MR) is 78.0 cm³/mol. The van der Waals surface area contributed by atoms with Crippen LogP contribution < -0.4 is 0 Å². The Bertz CT molecular complexity index is 611. The quantitative estimate of drug-likeness (QED) is 0.717. The molecule has 0 saturated carbocycles. The summed E-state index contributed by atoms with van der Waals surface area (Å²) in [5.41, 5.74) is -0.674. The number of rotatable bonds is 1. The molecular weight excluding hydrogens is 286 g/mol. The van der Waals surface area contributed by atoms with Gasteiger partial charge in [0.1, 0.15) is 23.3 Å². The first-order chi connectivity index (χ1) is 10.2. The molecule has 0 radical (unpaired) electrons. The van der Waals surface area contributed by atoms with E-state index in [2.05, 4.69) is 0 Å². The van der Waals surface area contributed by atoms with E-state index >= 15 is 0 Å². The van der Waals surface area contributed by atoms with Crippen LogP contribution in [0.1, 0.15) is 37.9 Å². The molecule has 2 heterocycles. The Labute approximate surface area is 128 Å². The molecule has 120 valence electrons. The third-order valence-corrected chi connectivity index (χ3v) is 4.42. The van der Waals surface area contributed by atoms with Crippen molar-refractivity contribution in [2.45, 2.75) is 50.2 Å². The van der Waals surface area contributed by atoms with Gasteiger partial charge in [-0.1, -0.05) is 24.3 Å². The second kappa shape index (κ2) is 4.68. The van der Waals surface area contributed by atoms with Crippen LogP contribution in [0.2, 0.25) is 0 Å². The number of hydrogen-bond acceptors (Lipinski definition) is 5. The summed E-state index contributed by atoms with van der Waals surface area (Å²) in [7, 11) is 0. The number of hydrogen-bond donors (Lipinski definition) is 3. The monoisotopic (exact) mass is 307 g/mol. The van der Waals surface area contributed by atoms with Gasteiger partial charge in [-0.2, -0.15) is 0 Å². The fourth-order valence-corrected chi connectivity index (χ4v) is 3.60. The van der Waals surface area contributed by atoms with E-state index in [9.17, 15) is 20.1 Å². The number of ether oxygens (including phenoxy) is 1. The Hall–Kier alpha value is -1.63. The summed E-state index contributed by atoms with van der Waals surface area (Å²) in [6.07, 6.45) is -3.07. The first kappa shape index (κ1) is 15.3. The molecule has 1 fully saturated rings. The van der Waals surface area contributed by atoms with Gasteiger partial charge < -0.3 is 20.1 Å². The molecule has 0 spiro atoms. The van der Waals surface area contributed by atoms with Gasteiger partial charge >= 0.3 is 6.09 Å². The molecule has 22 heavy (non-hydrogen) atoms. The highest BCUT2D eigenvalue weighted by atomic mass is 16.6. The summed E-state index contributed by atoms with van der Waals surface area (Å²) in [5, 5.41) is 30.8. The predicted octanol–water partition coefficient (Wildman–Crippen LogP) is 0.901. The van der Waals surface area contributed by atoms with Gasteiger partial charge in [-0.3, -0.25) is 4.90 Å². The molecule has 4 atom stereocenters. The minimum absolute atomic E-state index is 0.488. The summed E-state index contributed by atoms with van der Waals surface area (Å²) >= 11 is 0. The number of amides is 1. The van der Waals surface area contributed by atoms with E-state index < -0.39 is 42.1 Å². The molecule has 6 nitrogen and oxygen atoms in total. The Kier molecular flexibility index (Phi) is 3.25. The minimum atomic E-state index is -1.36. The molecule has 1 aromatic rings. The minimum Gasteiger partial charge on any atom is -0.444 e. The van der Waals surface area contributed by atoms with E-state index in [1.807, 2.05) is 0 Å². The highest BCUT2D eigenvalue weighted by Crippen LogP contribution is 2.57. The van der Waals surface area contributed by atoms with Crippen molar-refractivity contribution >= 4 is 6.09 Å². The Morgan fingerprint density at radius 3 is 2.55 bits per heavy atom. The molecule has 2 bridgehead atoms. The lowest BCUT2D eigenvalue weighted by Gasteiger charge is -2.37. The first-order valence-corrected chi connectivity index (χ1v) is 7.33. The molecular formula is C16H21NO5. The average molecular weight is 307 g/mol.